The summed E-state index contributed by atoms with van der Waals surface area (Å²) in [6.45, 7) is 9.19. The molecular formula is C25H35N3O4S. The van der Waals surface area contributed by atoms with Crippen molar-refractivity contribution in [3.63, 3.8) is 0 Å². The van der Waals surface area contributed by atoms with E-state index in [1.54, 1.807) is 19.1 Å². The summed E-state index contributed by atoms with van der Waals surface area (Å²) in [6.07, 6.45) is 0.766. The molecule has 1 N–H and O–H groups in total. The van der Waals surface area contributed by atoms with E-state index in [0.29, 0.717) is 0 Å². The number of nitrogens with zero attached hydrogens (tertiary/aromatic N) is 2. The third-order valence-corrected chi connectivity index (χ3v) is 7.67. The molecule has 180 valence electrons. The van der Waals surface area contributed by atoms with Crippen LogP contribution in [0.1, 0.15) is 43.9 Å². The zero-order valence-electron chi connectivity index (χ0n) is 20.3. The lowest BCUT2D eigenvalue weighted by atomic mass is 10.1. The molecule has 0 heterocycles. The third kappa shape index (κ3) is 6.88. The van der Waals surface area contributed by atoms with Gasteiger partial charge in [-0.15, -0.1) is 0 Å². The summed E-state index contributed by atoms with van der Waals surface area (Å²) in [5.74, 6) is -0.710. The molecule has 2 aromatic rings. The van der Waals surface area contributed by atoms with E-state index in [9.17, 15) is 18.0 Å². The monoisotopic (exact) mass is 473 g/mol. The molecule has 0 aliphatic carbocycles. The number of aryl methyl sites for hydroxylation is 2. The van der Waals surface area contributed by atoms with Gasteiger partial charge < -0.3 is 10.2 Å². The number of rotatable bonds is 10. The van der Waals surface area contributed by atoms with Gasteiger partial charge in [-0.3, -0.25) is 9.59 Å². The van der Waals surface area contributed by atoms with E-state index < -0.39 is 22.0 Å². The van der Waals surface area contributed by atoms with Crippen LogP contribution in [0.25, 0.3) is 0 Å². The van der Waals surface area contributed by atoms with Gasteiger partial charge in [0.15, 0.2) is 0 Å². The van der Waals surface area contributed by atoms with E-state index in [2.05, 4.69) is 5.32 Å². The first-order valence-electron chi connectivity index (χ1n) is 11.1. The van der Waals surface area contributed by atoms with Crippen LogP contribution in [0.3, 0.4) is 0 Å². The average Bonchev–Trinajstić information content (AvgIpc) is 2.78. The molecule has 0 aliphatic rings. The molecule has 2 amide bonds. The van der Waals surface area contributed by atoms with Gasteiger partial charge in [0.2, 0.25) is 21.8 Å². The highest BCUT2D eigenvalue weighted by Crippen LogP contribution is 2.18. The van der Waals surface area contributed by atoms with E-state index in [0.717, 1.165) is 27.4 Å². The Labute approximate surface area is 197 Å². The number of carbonyl (C=O) groups is 2. The fourth-order valence-electron chi connectivity index (χ4n) is 3.28. The molecule has 0 fully saturated rings. The zero-order chi connectivity index (χ0) is 24.8. The number of nitrogens with one attached hydrogen (secondary N) is 1. The molecule has 33 heavy (non-hydrogen) atoms. The van der Waals surface area contributed by atoms with E-state index in [1.807, 2.05) is 52.0 Å². The molecule has 2 atom stereocenters. The molecular weight excluding hydrogens is 438 g/mol. The average molecular weight is 474 g/mol. The Hall–Kier alpha value is -2.71. The quantitative estimate of drug-likeness (QED) is 0.574. The van der Waals surface area contributed by atoms with Crippen LogP contribution in [0.5, 0.6) is 0 Å². The topological polar surface area (TPSA) is 86.8 Å². The van der Waals surface area contributed by atoms with Gasteiger partial charge in [0.1, 0.15) is 6.04 Å². The minimum absolute atomic E-state index is 0.0278. The summed E-state index contributed by atoms with van der Waals surface area (Å²) in [5, 5.41) is 2.92. The zero-order valence-corrected chi connectivity index (χ0v) is 21.1. The fraction of sp³-hybridized carbons (Fsp3) is 0.440. The van der Waals surface area contributed by atoms with Crippen molar-refractivity contribution >= 4 is 21.8 Å². The molecule has 2 rings (SSSR count). The summed E-state index contributed by atoms with van der Waals surface area (Å²) in [6, 6.07) is 13.3. The van der Waals surface area contributed by atoms with E-state index in [4.69, 9.17) is 0 Å². The second kappa shape index (κ2) is 11.4. The third-order valence-electron chi connectivity index (χ3n) is 5.86. The normalized spacial score (nSPS) is 13.4. The SMILES string of the molecule is CCC(C)NC(=O)C(C)N(Cc1ccccc1C)C(=O)CN(C)S(=O)(=O)c1ccc(C)cc1. The minimum Gasteiger partial charge on any atom is -0.352 e. The first kappa shape index (κ1) is 26.5. The van der Waals surface area contributed by atoms with Gasteiger partial charge in [0.25, 0.3) is 0 Å². The number of sulfonamides is 1. The summed E-state index contributed by atoms with van der Waals surface area (Å²) in [5.41, 5.74) is 2.83. The number of benzene rings is 2. The molecule has 2 unspecified atom stereocenters. The van der Waals surface area contributed by atoms with E-state index in [1.165, 1.54) is 24.1 Å². The number of hydrogen-bond donors (Lipinski definition) is 1. The molecule has 0 spiro atoms. The first-order valence-corrected chi connectivity index (χ1v) is 12.6. The molecule has 0 saturated heterocycles. The van der Waals surface area contributed by atoms with Crippen LogP contribution < -0.4 is 5.32 Å². The Kier molecular flexibility index (Phi) is 9.19. The number of carbonyl (C=O) groups excluding carboxylic acids is 2. The van der Waals surface area contributed by atoms with Crippen molar-refractivity contribution in [2.45, 2.75) is 64.6 Å². The molecule has 0 bridgehead atoms. The largest absolute Gasteiger partial charge is 0.352 e. The molecule has 7 nitrogen and oxygen atoms in total. The van der Waals surface area contributed by atoms with Crippen molar-refractivity contribution in [2.24, 2.45) is 0 Å². The minimum atomic E-state index is -3.85. The summed E-state index contributed by atoms with van der Waals surface area (Å²) >= 11 is 0. The number of amides is 2. The second-order valence-electron chi connectivity index (χ2n) is 8.52. The van der Waals surface area contributed by atoms with Gasteiger partial charge in [0.05, 0.1) is 11.4 Å². The van der Waals surface area contributed by atoms with Gasteiger partial charge in [-0.05, 0) is 57.4 Å². The fourth-order valence-corrected chi connectivity index (χ4v) is 4.40. The van der Waals surface area contributed by atoms with Crippen molar-refractivity contribution in [3.05, 3.63) is 65.2 Å². The lowest BCUT2D eigenvalue weighted by Gasteiger charge is -2.31. The Bertz CT molecular complexity index is 1070. The number of likely N-dealkylation sites (N-methyl/N-ethyl adjacent to an activating group) is 1. The molecule has 0 aliphatic heterocycles. The van der Waals surface area contributed by atoms with E-state index in [-0.39, 0.29) is 29.9 Å². The summed E-state index contributed by atoms with van der Waals surface area (Å²) in [4.78, 5) is 27.7. The van der Waals surface area contributed by atoms with Gasteiger partial charge in [0, 0.05) is 19.6 Å². The number of hydrogen-bond acceptors (Lipinski definition) is 4. The van der Waals surface area contributed by atoms with Crippen molar-refractivity contribution < 1.29 is 18.0 Å². The van der Waals surface area contributed by atoms with Gasteiger partial charge >= 0.3 is 0 Å². The van der Waals surface area contributed by atoms with Crippen LogP contribution >= 0.6 is 0 Å². The predicted octanol–water partition coefficient (Wildman–Crippen LogP) is 3.26. The highest BCUT2D eigenvalue weighted by atomic mass is 32.2. The standard InChI is InChI=1S/C25H35N3O4S/c1-7-20(4)26-25(30)21(5)28(16-22-11-9-8-10-19(22)3)24(29)17-27(6)33(31,32)23-14-12-18(2)13-15-23/h8-15,20-21H,7,16-17H2,1-6H3,(H,26,30). The lowest BCUT2D eigenvalue weighted by Crippen LogP contribution is -2.52. The van der Waals surface area contributed by atoms with E-state index >= 15 is 0 Å². The Morgan fingerprint density at radius 1 is 1.00 bits per heavy atom. The maximum atomic E-state index is 13.3. The van der Waals surface area contributed by atoms with Crippen LogP contribution in [0.2, 0.25) is 0 Å². The molecule has 0 radical (unpaired) electrons. The summed E-state index contributed by atoms with van der Waals surface area (Å²) < 4.78 is 27.0. The van der Waals surface area contributed by atoms with Gasteiger partial charge in [-0.25, -0.2) is 8.42 Å². The smallest absolute Gasteiger partial charge is 0.243 e. The van der Waals surface area contributed by atoms with Crippen LogP contribution in [0.15, 0.2) is 53.4 Å². The lowest BCUT2D eigenvalue weighted by molar-refractivity contribution is -0.140. The van der Waals surface area contributed by atoms with Crippen LogP contribution in [-0.4, -0.2) is 55.1 Å². The summed E-state index contributed by atoms with van der Waals surface area (Å²) in [7, 11) is -2.47. The van der Waals surface area contributed by atoms with Crippen molar-refractivity contribution in [3.8, 4) is 0 Å². The highest BCUT2D eigenvalue weighted by Gasteiger charge is 2.30. The highest BCUT2D eigenvalue weighted by molar-refractivity contribution is 7.89. The van der Waals surface area contributed by atoms with Crippen molar-refractivity contribution in [1.82, 2.24) is 14.5 Å². The van der Waals surface area contributed by atoms with Crippen molar-refractivity contribution in [1.29, 1.82) is 0 Å². The van der Waals surface area contributed by atoms with Gasteiger partial charge in [-0.1, -0.05) is 48.9 Å². The maximum Gasteiger partial charge on any atom is 0.243 e. The Balaban J connectivity index is 2.29. The first-order chi connectivity index (χ1) is 15.5. The predicted molar refractivity (Wildman–Crippen MR) is 130 cm³/mol. The molecule has 0 aromatic heterocycles. The second-order valence-corrected chi connectivity index (χ2v) is 10.6. The van der Waals surface area contributed by atoms with Crippen LogP contribution in [-0.2, 0) is 26.2 Å². The van der Waals surface area contributed by atoms with Gasteiger partial charge in [-0.2, -0.15) is 4.31 Å². The Morgan fingerprint density at radius 3 is 2.18 bits per heavy atom. The maximum absolute atomic E-state index is 13.3. The van der Waals surface area contributed by atoms with Crippen LogP contribution in [0, 0.1) is 13.8 Å². The van der Waals surface area contributed by atoms with Crippen LogP contribution in [0.4, 0.5) is 0 Å². The molecule has 0 saturated carbocycles. The Morgan fingerprint density at radius 2 is 1.61 bits per heavy atom. The molecule has 8 heteroatoms. The molecule has 2 aromatic carbocycles. The van der Waals surface area contributed by atoms with Crippen molar-refractivity contribution in [2.75, 3.05) is 13.6 Å².